The van der Waals surface area contributed by atoms with E-state index in [2.05, 4.69) is 14.9 Å². The highest BCUT2D eigenvalue weighted by Gasteiger charge is 2.25. The summed E-state index contributed by atoms with van der Waals surface area (Å²) in [6.07, 6.45) is 2.02. The Balaban J connectivity index is 2.44. The Morgan fingerprint density at radius 3 is 2.71 bits per heavy atom. The summed E-state index contributed by atoms with van der Waals surface area (Å²) in [5.41, 5.74) is 3.66. The Hall–Kier alpha value is -2.02. The van der Waals surface area contributed by atoms with E-state index in [1.807, 2.05) is 20.2 Å². The van der Waals surface area contributed by atoms with Gasteiger partial charge in [0.1, 0.15) is 0 Å². The number of carbonyl (C=O) groups excluding carboxylic acids is 2. The van der Waals surface area contributed by atoms with Gasteiger partial charge in [-0.1, -0.05) is 18.4 Å². The number of H-pyrrole nitrogens is 1. The number of methoxy groups -OCH3 is 2. The van der Waals surface area contributed by atoms with E-state index in [-0.39, 0.29) is 12.3 Å². The molecule has 2 rings (SSSR count). The SMILES string of the molecule is C[B]c1cc(C[C@@H](CC(=O)OC)C(=O)OC)c(CCl)c2cn[nH]c12. The molecule has 0 fully saturated rings. The van der Waals surface area contributed by atoms with Gasteiger partial charge in [0.05, 0.1) is 38.3 Å². The molecule has 0 saturated carbocycles. The molecule has 127 valence electrons. The van der Waals surface area contributed by atoms with E-state index in [0.717, 1.165) is 27.5 Å². The van der Waals surface area contributed by atoms with Crippen LogP contribution in [0.4, 0.5) is 0 Å². The molecule has 0 aliphatic carbocycles. The van der Waals surface area contributed by atoms with Crippen molar-refractivity contribution in [3.63, 3.8) is 0 Å². The summed E-state index contributed by atoms with van der Waals surface area (Å²) < 4.78 is 9.50. The molecule has 0 amide bonds. The predicted octanol–water partition coefficient (Wildman–Crippen LogP) is 1.57. The average molecular weight is 350 g/mol. The lowest BCUT2D eigenvalue weighted by molar-refractivity contribution is -0.151. The summed E-state index contributed by atoms with van der Waals surface area (Å²) in [6.45, 7) is 1.92. The van der Waals surface area contributed by atoms with Crippen LogP contribution in [-0.2, 0) is 31.4 Å². The third-order valence-corrected chi connectivity index (χ3v) is 4.32. The number of benzene rings is 1. The molecule has 1 atom stereocenters. The predicted molar refractivity (Wildman–Crippen MR) is 92.7 cm³/mol. The first-order valence-electron chi connectivity index (χ1n) is 7.53. The summed E-state index contributed by atoms with van der Waals surface area (Å²) in [4.78, 5) is 23.7. The molecule has 1 radical (unpaired) electrons. The highest BCUT2D eigenvalue weighted by Crippen LogP contribution is 2.25. The Labute approximate surface area is 146 Å². The maximum absolute atomic E-state index is 12.0. The molecule has 0 bridgehead atoms. The Bertz CT molecular complexity index is 747. The van der Waals surface area contributed by atoms with Crippen molar-refractivity contribution in [3.05, 3.63) is 23.4 Å². The second-order valence-corrected chi connectivity index (χ2v) is 5.66. The molecule has 0 saturated heterocycles. The lowest BCUT2D eigenvalue weighted by atomic mass is 9.71. The number of hydrogen-bond acceptors (Lipinski definition) is 5. The third kappa shape index (κ3) is 3.72. The van der Waals surface area contributed by atoms with Gasteiger partial charge in [-0.2, -0.15) is 5.10 Å². The quantitative estimate of drug-likeness (QED) is 0.466. The first-order valence-corrected chi connectivity index (χ1v) is 8.06. The molecule has 8 heteroatoms. The fourth-order valence-corrected chi connectivity index (χ4v) is 3.09. The molecule has 6 nitrogen and oxygen atoms in total. The normalized spacial score (nSPS) is 12.0. The number of rotatable bonds is 7. The smallest absolute Gasteiger partial charge is 0.309 e. The number of carbonyl (C=O) groups is 2. The number of fused-ring (bicyclic) bond motifs is 1. The number of nitrogens with one attached hydrogen (secondary N) is 1. The number of aromatic nitrogens is 2. The Morgan fingerprint density at radius 1 is 1.38 bits per heavy atom. The van der Waals surface area contributed by atoms with Crippen LogP contribution in [-0.4, -0.2) is 43.6 Å². The number of aromatic amines is 1. The number of esters is 2. The van der Waals surface area contributed by atoms with Gasteiger partial charge >= 0.3 is 11.9 Å². The lowest BCUT2D eigenvalue weighted by Gasteiger charge is -2.17. The highest BCUT2D eigenvalue weighted by atomic mass is 35.5. The summed E-state index contributed by atoms with van der Waals surface area (Å²) in [7, 11) is 4.55. The fraction of sp³-hybridized carbons (Fsp3) is 0.438. The van der Waals surface area contributed by atoms with Crippen LogP contribution in [0.2, 0.25) is 6.82 Å². The van der Waals surface area contributed by atoms with Gasteiger partial charge in [-0.25, -0.2) is 0 Å². The van der Waals surface area contributed by atoms with E-state index >= 15 is 0 Å². The van der Waals surface area contributed by atoms with Crippen LogP contribution in [0.3, 0.4) is 0 Å². The van der Waals surface area contributed by atoms with Crippen molar-refractivity contribution in [3.8, 4) is 0 Å². The number of hydrogen-bond donors (Lipinski definition) is 1. The van der Waals surface area contributed by atoms with E-state index in [1.54, 1.807) is 6.20 Å². The molecule has 24 heavy (non-hydrogen) atoms. The largest absolute Gasteiger partial charge is 0.469 e. The molecule has 1 aromatic heterocycles. The molecule has 1 N–H and O–H groups in total. The first kappa shape index (κ1) is 18.3. The Morgan fingerprint density at radius 2 is 2.12 bits per heavy atom. The summed E-state index contributed by atoms with van der Waals surface area (Å²) >= 11 is 6.13. The molecule has 0 aliphatic rings. The van der Waals surface area contributed by atoms with Crippen LogP contribution in [0.5, 0.6) is 0 Å². The fourth-order valence-electron chi connectivity index (χ4n) is 2.78. The molecule has 1 aromatic carbocycles. The van der Waals surface area contributed by atoms with E-state index in [4.69, 9.17) is 16.3 Å². The van der Waals surface area contributed by atoms with E-state index < -0.39 is 17.9 Å². The van der Waals surface area contributed by atoms with E-state index in [9.17, 15) is 9.59 Å². The second kappa shape index (κ2) is 8.19. The molecule has 0 spiro atoms. The molecule has 0 unspecified atom stereocenters. The van der Waals surface area contributed by atoms with Crippen LogP contribution in [0, 0.1) is 5.92 Å². The zero-order chi connectivity index (χ0) is 17.7. The minimum Gasteiger partial charge on any atom is -0.469 e. The summed E-state index contributed by atoms with van der Waals surface area (Å²) in [6, 6.07) is 1.96. The van der Waals surface area contributed by atoms with Crippen molar-refractivity contribution >= 4 is 47.2 Å². The van der Waals surface area contributed by atoms with Gasteiger partial charge in [-0.05, 0) is 17.5 Å². The Kier molecular flexibility index (Phi) is 6.26. The van der Waals surface area contributed by atoms with Gasteiger partial charge in [-0.15, -0.1) is 11.6 Å². The molecule has 1 heterocycles. The molecule has 0 aliphatic heterocycles. The standard InChI is InChI=1S/C16H19BClN2O4/c1-17-13-5-9(11(7-18)12-8-19-20-15(12)13)4-10(16(22)24-3)6-14(21)23-2/h5,8,10H,4,6-7H2,1-3H3,(H,19,20)/t10-/m0/s1. The summed E-state index contributed by atoms with van der Waals surface area (Å²) in [5, 5.41) is 7.96. The second-order valence-electron chi connectivity index (χ2n) is 5.39. The molecular formula is C16H19BClN2O4. The zero-order valence-corrected chi connectivity index (χ0v) is 14.6. The van der Waals surface area contributed by atoms with Crippen molar-refractivity contribution in [2.75, 3.05) is 14.2 Å². The first-order chi connectivity index (χ1) is 11.5. The minimum absolute atomic E-state index is 0.0422. The maximum atomic E-state index is 12.0. The monoisotopic (exact) mass is 349 g/mol. The van der Waals surface area contributed by atoms with Gasteiger partial charge in [0.2, 0.25) is 0 Å². The van der Waals surface area contributed by atoms with Crippen molar-refractivity contribution < 1.29 is 19.1 Å². The molecule has 2 aromatic rings. The van der Waals surface area contributed by atoms with E-state index in [1.165, 1.54) is 14.2 Å². The van der Waals surface area contributed by atoms with Crippen LogP contribution in [0.15, 0.2) is 12.3 Å². The van der Waals surface area contributed by atoms with Crippen molar-refractivity contribution in [2.45, 2.75) is 25.5 Å². The molecular weight excluding hydrogens is 330 g/mol. The number of halogens is 1. The van der Waals surface area contributed by atoms with Gasteiger partial charge in [-0.3, -0.25) is 14.7 Å². The van der Waals surface area contributed by atoms with Gasteiger partial charge in [0, 0.05) is 11.3 Å². The van der Waals surface area contributed by atoms with Gasteiger partial charge in [0.25, 0.3) is 0 Å². The van der Waals surface area contributed by atoms with Crippen molar-refractivity contribution in [1.82, 2.24) is 10.2 Å². The average Bonchev–Trinajstić information content (AvgIpc) is 3.08. The summed E-state index contributed by atoms with van der Waals surface area (Å²) in [5.74, 6) is -1.25. The maximum Gasteiger partial charge on any atom is 0.309 e. The number of alkyl halides is 1. The van der Waals surface area contributed by atoms with E-state index in [0.29, 0.717) is 6.42 Å². The number of nitrogens with zero attached hydrogens (tertiary/aromatic N) is 1. The van der Waals surface area contributed by atoms with Gasteiger partial charge in [0.15, 0.2) is 7.28 Å². The van der Waals surface area contributed by atoms with Crippen molar-refractivity contribution in [1.29, 1.82) is 0 Å². The topological polar surface area (TPSA) is 81.3 Å². The van der Waals surface area contributed by atoms with Crippen LogP contribution < -0.4 is 5.46 Å². The van der Waals surface area contributed by atoms with Gasteiger partial charge < -0.3 is 9.47 Å². The van der Waals surface area contributed by atoms with Crippen LogP contribution >= 0.6 is 11.6 Å². The number of ether oxygens (including phenoxy) is 2. The lowest BCUT2D eigenvalue weighted by Crippen LogP contribution is -2.24. The zero-order valence-electron chi connectivity index (χ0n) is 13.9. The van der Waals surface area contributed by atoms with Crippen molar-refractivity contribution in [2.24, 2.45) is 5.92 Å². The minimum atomic E-state index is -0.626. The third-order valence-electron chi connectivity index (χ3n) is 4.06. The highest BCUT2D eigenvalue weighted by molar-refractivity contribution is 6.55. The van der Waals surface area contributed by atoms with Crippen LogP contribution in [0.25, 0.3) is 10.9 Å². The van der Waals surface area contributed by atoms with Crippen LogP contribution in [0.1, 0.15) is 17.5 Å².